The molecule has 2 aromatic rings. The van der Waals surface area contributed by atoms with Crippen LogP contribution in [0.5, 0.6) is 11.5 Å². The highest BCUT2D eigenvalue weighted by Gasteiger charge is 2.20. The first-order chi connectivity index (χ1) is 13.1. The number of anilines is 1. The zero-order valence-electron chi connectivity index (χ0n) is 15.5. The van der Waals surface area contributed by atoms with Crippen molar-refractivity contribution in [2.75, 3.05) is 32.1 Å². The Morgan fingerprint density at radius 2 is 1.93 bits per heavy atom. The third kappa shape index (κ3) is 5.61. The van der Waals surface area contributed by atoms with Gasteiger partial charge in [0.05, 0.1) is 13.7 Å². The van der Waals surface area contributed by atoms with Crippen LogP contribution in [0.4, 0.5) is 5.82 Å². The second kappa shape index (κ2) is 9.44. The first-order valence-electron chi connectivity index (χ1n) is 9.06. The Kier molecular flexibility index (Phi) is 6.99. The number of rotatable bonds is 7. The lowest BCUT2D eigenvalue weighted by molar-refractivity contribution is 0.210. The Labute approximate surface area is 169 Å². The maximum atomic E-state index is 5.94. The zero-order valence-corrected chi connectivity index (χ0v) is 17.1. The molecule has 1 aliphatic rings. The fourth-order valence-electron chi connectivity index (χ4n) is 3.25. The van der Waals surface area contributed by atoms with Gasteiger partial charge >= 0.3 is 0 Å². The minimum absolute atomic E-state index is 0.159. The number of benzene rings is 1. The fraction of sp³-hybridized carbons (Fsp3) is 0.474. The monoisotopic (exact) mass is 410 g/mol. The summed E-state index contributed by atoms with van der Waals surface area (Å²) in [6, 6.07) is 8.18. The van der Waals surface area contributed by atoms with E-state index in [1.807, 2.05) is 13.0 Å². The van der Waals surface area contributed by atoms with E-state index in [1.165, 1.54) is 5.56 Å². The number of aromatic nitrogens is 2. The van der Waals surface area contributed by atoms with Crippen LogP contribution in [0.2, 0.25) is 10.4 Å². The number of hydrogen-bond donors (Lipinski definition) is 1. The van der Waals surface area contributed by atoms with Gasteiger partial charge in [0.2, 0.25) is 5.28 Å². The van der Waals surface area contributed by atoms with Crippen LogP contribution in [-0.4, -0.2) is 47.7 Å². The van der Waals surface area contributed by atoms with Crippen LogP contribution in [0.1, 0.15) is 25.3 Å². The normalized spacial score (nSPS) is 15.6. The van der Waals surface area contributed by atoms with Gasteiger partial charge in [0.15, 0.2) is 11.5 Å². The highest BCUT2D eigenvalue weighted by molar-refractivity contribution is 6.32. The number of nitrogens with one attached hydrogen (secondary N) is 1. The average Bonchev–Trinajstić information content (AvgIpc) is 2.63. The summed E-state index contributed by atoms with van der Waals surface area (Å²) in [5, 5.41) is 3.91. The van der Waals surface area contributed by atoms with Crippen LogP contribution in [0.15, 0.2) is 24.3 Å². The Morgan fingerprint density at radius 1 is 1.15 bits per heavy atom. The number of halogens is 2. The molecule has 3 rings (SSSR count). The van der Waals surface area contributed by atoms with E-state index < -0.39 is 0 Å². The van der Waals surface area contributed by atoms with Crippen LogP contribution in [-0.2, 0) is 6.54 Å². The Bertz CT molecular complexity index is 747. The summed E-state index contributed by atoms with van der Waals surface area (Å²) >= 11 is 11.8. The van der Waals surface area contributed by atoms with Gasteiger partial charge in [0.25, 0.3) is 0 Å². The van der Waals surface area contributed by atoms with Crippen molar-refractivity contribution in [1.29, 1.82) is 0 Å². The van der Waals surface area contributed by atoms with Gasteiger partial charge in [-0.1, -0.05) is 17.7 Å². The van der Waals surface area contributed by atoms with Crippen LogP contribution in [0, 0.1) is 0 Å². The molecule has 0 amide bonds. The van der Waals surface area contributed by atoms with E-state index in [-0.39, 0.29) is 5.28 Å². The van der Waals surface area contributed by atoms with Gasteiger partial charge in [0.1, 0.15) is 11.0 Å². The largest absolute Gasteiger partial charge is 0.493 e. The molecule has 0 spiro atoms. The van der Waals surface area contributed by atoms with Crippen molar-refractivity contribution in [3.8, 4) is 11.5 Å². The number of methoxy groups -OCH3 is 1. The van der Waals surface area contributed by atoms with Crippen molar-refractivity contribution < 1.29 is 9.47 Å². The van der Waals surface area contributed by atoms with E-state index in [2.05, 4.69) is 32.3 Å². The van der Waals surface area contributed by atoms with Gasteiger partial charge < -0.3 is 14.8 Å². The lowest BCUT2D eigenvalue weighted by atomic mass is 10.0. The quantitative estimate of drug-likeness (QED) is 0.543. The molecule has 1 aromatic carbocycles. The number of nitrogens with zero attached hydrogens (tertiary/aromatic N) is 3. The molecule has 1 fully saturated rings. The first-order valence-corrected chi connectivity index (χ1v) is 9.81. The summed E-state index contributed by atoms with van der Waals surface area (Å²) in [6.07, 6.45) is 2.04. The molecule has 1 aliphatic heterocycles. The maximum absolute atomic E-state index is 5.94. The minimum Gasteiger partial charge on any atom is -0.493 e. The Balaban J connectivity index is 1.54. The maximum Gasteiger partial charge on any atom is 0.225 e. The molecule has 1 N–H and O–H groups in total. The molecule has 1 aromatic heterocycles. The number of piperidine rings is 1. The van der Waals surface area contributed by atoms with Crippen molar-refractivity contribution in [3.05, 3.63) is 40.3 Å². The van der Waals surface area contributed by atoms with Gasteiger partial charge in [-0.2, -0.15) is 0 Å². The average molecular weight is 411 g/mol. The van der Waals surface area contributed by atoms with Gasteiger partial charge in [-0.25, -0.2) is 9.97 Å². The molecule has 27 heavy (non-hydrogen) atoms. The molecular weight excluding hydrogens is 387 g/mol. The van der Waals surface area contributed by atoms with Gasteiger partial charge in [-0.05, 0) is 49.1 Å². The van der Waals surface area contributed by atoms with E-state index >= 15 is 0 Å². The Morgan fingerprint density at radius 3 is 2.59 bits per heavy atom. The number of likely N-dealkylation sites (tertiary alicyclic amines) is 1. The van der Waals surface area contributed by atoms with Gasteiger partial charge in [0, 0.05) is 31.7 Å². The summed E-state index contributed by atoms with van der Waals surface area (Å²) in [4.78, 5) is 10.5. The van der Waals surface area contributed by atoms with Gasteiger partial charge in [-0.3, -0.25) is 4.90 Å². The summed E-state index contributed by atoms with van der Waals surface area (Å²) in [6.45, 7) is 5.48. The summed E-state index contributed by atoms with van der Waals surface area (Å²) in [7, 11) is 1.66. The molecule has 0 saturated carbocycles. The van der Waals surface area contributed by atoms with E-state index in [4.69, 9.17) is 32.7 Å². The van der Waals surface area contributed by atoms with Crippen molar-refractivity contribution in [2.45, 2.75) is 32.4 Å². The minimum atomic E-state index is 0.159. The standard InChI is InChI=1S/C19H24Cl2N4O2/c1-3-27-16-10-13(4-5-15(16)26-2)12-25-8-6-14(7-9-25)22-18-11-17(20)23-19(21)24-18/h4-5,10-11,14H,3,6-9,12H2,1-2H3,(H,22,23,24). The van der Waals surface area contributed by atoms with Crippen molar-refractivity contribution in [3.63, 3.8) is 0 Å². The summed E-state index contributed by atoms with van der Waals surface area (Å²) in [5.41, 5.74) is 1.22. The number of ether oxygens (including phenoxy) is 2. The predicted molar refractivity (Wildman–Crippen MR) is 108 cm³/mol. The second-order valence-corrected chi connectivity index (χ2v) is 7.18. The molecule has 2 heterocycles. The molecule has 1 saturated heterocycles. The number of hydrogen-bond acceptors (Lipinski definition) is 6. The SMILES string of the molecule is CCOc1cc(CN2CCC(Nc3cc(Cl)nc(Cl)n3)CC2)ccc1OC. The summed E-state index contributed by atoms with van der Waals surface area (Å²) < 4.78 is 11.0. The Hall–Kier alpha value is -1.76. The van der Waals surface area contributed by atoms with Crippen molar-refractivity contribution >= 4 is 29.0 Å². The smallest absolute Gasteiger partial charge is 0.225 e. The first kappa shape index (κ1) is 20.0. The topological polar surface area (TPSA) is 59.5 Å². The molecule has 8 heteroatoms. The van der Waals surface area contributed by atoms with E-state index in [1.54, 1.807) is 13.2 Å². The fourth-order valence-corrected chi connectivity index (χ4v) is 3.66. The molecule has 6 nitrogen and oxygen atoms in total. The molecular formula is C19H24Cl2N4O2. The van der Waals surface area contributed by atoms with E-state index in [0.29, 0.717) is 23.6 Å². The third-order valence-corrected chi connectivity index (χ3v) is 4.90. The third-order valence-electron chi connectivity index (χ3n) is 4.54. The lowest BCUT2D eigenvalue weighted by Crippen LogP contribution is -2.38. The summed E-state index contributed by atoms with van der Waals surface area (Å²) in [5.74, 6) is 2.24. The highest BCUT2D eigenvalue weighted by Crippen LogP contribution is 2.29. The molecule has 0 aliphatic carbocycles. The highest BCUT2D eigenvalue weighted by atomic mass is 35.5. The van der Waals surface area contributed by atoms with Crippen LogP contribution in [0.25, 0.3) is 0 Å². The second-order valence-electron chi connectivity index (χ2n) is 6.46. The van der Waals surface area contributed by atoms with Crippen LogP contribution < -0.4 is 14.8 Å². The molecule has 0 unspecified atom stereocenters. The predicted octanol–water partition coefficient (Wildman–Crippen LogP) is 4.27. The zero-order chi connectivity index (χ0) is 19.2. The molecule has 0 radical (unpaired) electrons. The molecule has 0 atom stereocenters. The van der Waals surface area contributed by atoms with E-state index in [0.717, 1.165) is 44.0 Å². The van der Waals surface area contributed by atoms with Crippen LogP contribution >= 0.6 is 23.2 Å². The van der Waals surface area contributed by atoms with E-state index in [9.17, 15) is 0 Å². The lowest BCUT2D eigenvalue weighted by Gasteiger charge is -2.32. The van der Waals surface area contributed by atoms with Crippen molar-refractivity contribution in [1.82, 2.24) is 14.9 Å². The molecule has 0 bridgehead atoms. The van der Waals surface area contributed by atoms with Gasteiger partial charge in [-0.15, -0.1) is 0 Å². The molecule has 146 valence electrons. The van der Waals surface area contributed by atoms with Crippen molar-refractivity contribution in [2.24, 2.45) is 0 Å². The van der Waals surface area contributed by atoms with Crippen LogP contribution in [0.3, 0.4) is 0 Å².